The summed E-state index contributed by atoms with van der Waals surface area (Å²) in [4.78, 5) is 35.0. The lowest BCUT2D eigenvalue weighted by Gasteiger charge is -2.29. The first-order valence-corrected chi connectivity index (χ1v) is 8.30. The summed E-state index contributed by atoms with van der Waals surface area (Å²) in [7, 11) is 0. The average molecular weight is 332 g/mol. The summed E-state index contributed by atoms with van der Waals surface area (Å²) >= 11 is 0. The minimum absolute atomic E-state index is 0.160. The maximum atomic E-state index is 12.0. The summed E-state index contributed by atoms with van der Waals surface area (Å²) in [6.07, 6.45) is 4.40. The molecule has 0 heterocycles. The maximum Gasteiger partial charge on any atom is 0.338 e. The van der Waals surface area contributed by atoms with Crippen LogP contribution >= 0.6 is 0 Å². The van der Waals surface area contributed by atoms with Gasteiger partial charge in [-0.2, -0.15) is 0 Å². The van der Waals surface area contributed by atoms with Gasteiger partial charge in [0.15, 0.2) is 6.61 Å². The predicted octanol–water partition coefficient (Wildman–Crippen LogP) is 2.50. The van der Waals surface area contributed by atoms with E-state index in [1.807, 2.05) is 0 Å². The van der Waals surface area contributed by atoms with E-state index in [1.165, 1.54) is 19.4 Å². The highest BCUT2D eigenvalue weighted by Crippen LogP contribution is 2.23. The van der Waals surface area contributed by atoms with Gasteiger partial charge in [-0.3, -0.25) is 9.59 Å². The third kappa shape index (κ3) is 5.37. The van der Waals surface area contributed by atoms with Crippen molar-refractivity contribution in [3.05, 3.63) is 29.8 Å². The van der Waals surface area contributed by atoms with Crippen LogP contribution in [-0.2, 0) is 14.3 Å². The van der Waals surface area contributed by atoms with Crippen molar-refractivity contribution < 1.29 is 19.1 Å². The Kier molecular flexibility index (Phi) is 6.35. The highest BCUT2D eigenvalue weighted by atomic mass is 16.5. The molecule has 130 valence electrons. The third-order valence-electron chi connectivity index (χ3n) is 4.21. The molecular weight excluding hydrogens is 308 g/mol. The zero-order chi connectivity index (χ0) is 17.5. The summed E-state index contributed by atoms with van der Waals surface area (Å²) in [6, 6.07) is 6.58. The van der Waals surface area contributed by atoms with Crippen molar-refractivity contribution in [3.8, 4) is 0 Å². The third-order valence-corrected chi connectivity index (χ3v) is 4.21. The Bertz CT molecular complexity index is 615. The Balaban J connectivity index is 1.83. The van der Waals surface area contributed by atoms with Crippen LogP contribution in [0.25, 0.3) is 0 Å². The highest BCUT2D eigenvalue weighted by Gasteiger charge is 2.23. The number of ether oxygens (including phenoxy) is 1. The molecule has 1 aliphatic rings. The van der Waals surface area contributed by atoms with Gasteiger partial charge in [0.25, 0.3) is 5.91 Å². The number of esters is 1. The topological polar surface area (TPSA) is 84.5 Å². The number of carbonyl (C=O) groups is 3. The fourth-order valence-electron chi connectivity index (χ4n) is 2.92. The van der Waals surface area contributed by atoms with Gasteiger partial charge in [-0.1, -0.05) is 25.8 Å². The molecule has 2 rings (SSSR count). The fraction of sp³-hybridized carbons (Fsp3) is 0.500. The van der Waals surface area contributed by atoms with Gasteiger partial charge in [-0.15, -0.1) is 0 Å². The van der Waals surface area contributed by atoms with E-state index in [0.29, 0.717) is 17.2 Å². The largest absolute Gasteiger partial charge is 0.452 e. The highest BCUT2D eigenvalue weighted by molar-refractivity contribution is 5.94. The number of nitrogens with one attached hydrogen (secondary N) is 2. The van der Waals surface area contributed by atoms with Crippen LogP contribution in [0.15, 0.2) is 24.3 Å². The molecule has 0 aromatic heterocycles. The van der Waals surface area contributed by atoms with Gasteiger partial charge < -0.3 is 15.4 Å². The Labute approximate surface area is 142 Å². The van der Waals surface area contributed by atoms with E-state index >= 15 is 0 Å². The minimum atomic E-state index is -0.589. The first-order valence-electron chi connectivity index (χ1n) is 8.30. The zero-order valence-corrected chi connectivity index (χ0v) is 14.1. The van der Waals surface area contributed by atoms with Crippen LogP contribution in [0.2, 0.25) is 0 Å². The van der Waals surface area contributed by atoms with Crippen LogP contribution in [0, 0.1) is 5.92 Å². The van der Waals surface area contributed by atoms with Crippen molar-refractivity contribution in [1.82, 2.24) is 5.32 Å². The lowest BCUT2D eigenvalue weighted by Crippen LogP contribution is -2.42. The second-order valence-electron chi connectivity index (χ2n) is 6.27. The Hall–Kier alpha value is -2.37. The second kappa shape index (κ2) is 8.47. The molecule has 6 nitrogen and oxygen atoms in total. The minimum Gasteiger partial charge on any atom is -0.452 e. The van der Waals surface area contributed by atoms with Gasteiger partial charge in [0.1, 0.15) is 0 Å². The van der Waals surface area contributed by atoms with Crippen molar-refractivity contribution in [1.29, 1.82) is 0 Å². The van der Waals surface area contributed by atoms with Gasteiger partial charge in [-0.25, -0.2) is 4.79 Å². The molecule has 0 bridgehead atoms. The first kappa shape index (κ1) is 18.0. The molecule has 0 unspecified atom stereocenters. The molecule has 24 heavy (non-hydrogen) atoms. The Morgan fingerprint density at radius 2 is 1.96 bits per heavy atom. The monoisotopic (exact) mass is 332 g/mol. The summed E-state index contributed by atoms with van der Waals surface area (Å²) in [6.45, 7) is 3.22. The molecule has 1 aromatic carbocycles. The average Bonchev–Trinajstić information content (AvgIpc) is 2.54. The Morgan fingerprint density at radius 3 is 2.67 bits per heavy atom. The van der Waals surface area contributed by atoms with E-state index in [-0.39, 0.29) is 24.5 Å². The standard InChI is InChI=1S/C18H24N2O4/c1-12-6-3-4-9-16(12)20-17(22)11-24-18(23)14-7-5-8-15(10-14)19-13(2)21/h5,7-8,10,12,16H,3-4,6,9,11H2,1-2H3,(H,19,21)(H,20,22)/t12-,16+/m1/s1. The van der Waals surface area contributed by atoms with Crippen molar-refractivity contribution in [2.75, 3.05) is 11.9 Å². The molecule has 0 saturated heterocycles. The van der Waals surface area contributed by atoms with E-state index in [4.69, 9.17) is 4.74 Å². The number of hydrogen-bond donors (Lipinski definition) is 2. The fourth-order valence-corrected chi connectivity index (χ4v) is 2.92. The van der Waals surface area contributed by atoms with Gasteiger partial charge in [0.05, 0.1) is 5.56 Å². The normalized spacial score (nSPS) is 20.1. The van der Waals surface area contributed by atoms with Gasteiger partial charge in [0.2, 0.25) is 5.91 Å². The van der Waals surface area contributed by atoms with Gasteiger partial charge in [-0.05, 0) is 37.0 Å². The molecule has 1 fully saturated rings. The number of rotatable bonds is 5. The van der Waals surface area contributed by atoms with Crippen LogP contribution in [0.1, 0.15) is 49.9 Å². The molecule has 0 radical (unpaired) electrons. The Morgan fingerprint density at radius 1 is 1.21 bits per heavy atom. The van der Waals surface area contributed by atoms with Gasteiger partial charge in [0, 0.05) is 18.7 Å². The van der Waals surface area contributed by atoms with Crippen molar-refractivity contribution in [2.24, 2.45) is 5.92 Å². The first-order chi connectivity index (χ1) is 11.5. The lowest BCUT2D eigenvalue weighted by molar-refractivity contribution is -0.125. The second-order valence-corrected chi connectivity index (χ2v) is 6.27. The molecule has 6 heteroatoms. The van der Waals surface area contributed by atoms with E-state index in [0.717, 1.165) is 19.3 Å². The quantitative estimate of drug-likeness (QED) is 0.811. The van der Waals surface area contributed by atoms with Gasteiger partial charge >= 0.3 is 5.97 Å². The number of hydrogen-bond acceptors (Lipinski definition) is 4. The summed E-state index contributed by atoms with van der Waals surface area (Å²) in [5.74, 6) is -0.636. The SMILES string of the molecule is CC(=O)Nc1cccc(C(=O)OCC(=O)N[C@H]2CCCC[C@H]2C)c1. The molecule has 2 atom stereocenters. The van der Waals surface area contributed by atoms with Crippen LogP contribution in [0.5, 0.6) is 0 Å². The van der Waals surface area contributed by atoms with E-state index < -0.39 is 5.97 Å². The zero-order valence-electron chi connectivity index (χ0n) is 14.1. The van der Waals surface area contributed by atoms with Crippen LogP contribution < -0.4 is 10.6 Å². The van der Waals surface area contributed by atoms with Crippen LogP contribution in [0.4, 0.5) is 5.69 Å². The molecule has 1 saturated carbocycles. The molecular formula is C18H24N2O4. The molecule has 1 aliphatic carbocycles. The molecule has 2 N–H and O–H groups in total. The molecule has 0 spiro atoms. The van der Waals surface area contributed by atoms with E-state index in [9.17, 15) is 14.4 Å². The lowest BCUT2D eigenvalue weighted by atomic mass is 9.86. The van der Waals surface area contributed by atoms with Crippen molar-refractivity contribution in [2.45, 2.75) is 45.6 Å². The molecule has 1 aromatic rings. The number of benzene rings is 1. The number of amides is 2. The van der Waals surface area contributed by atoms with E-state index in [2.05, 4.69) is 17.6 Å². The summed E-state index contributed by atoms with van der Waals surface area (Å²) in [5, 5.41) is 5.54. The van der Waals surface area contributed by atoms with Crippen LogP contribution in [-0.4, -0.2) is 30.4 Å². The van der Waals surface area contributed by atoms with E-state index in [1.54, 1.807) is 18.2 Å². The molecule has 2 amide bonds. The van der Waals surface area contributed by atoms with Crippen molar-refractivity contribution >= 4 is 23.5 Å². The number of anilines is 1. The molecule has 0 aliphatic heterocycles. The van der Waals surface area contributed by atoms with Crippen LogP contribution in [0.3, 0.4) is 0 Å². The summed E-state index contributed by atoms with van der Waals surface area (Å²) in [5.41, 5.74) is 0.803. The number of carbonyl (C=O) groups excluding carboxylic acids is 3. The predicted molar refractivity (Wildman–Crippen MR) is 90.6 cm³/mol. The van der Waals surface area contributed by atoms with Crippen molar-refractivity contribution in [3.63, 3.8) is 0 Å². The maximum absolute atomic E-state index is 12.0. The summed E-state index contributed by atoms with van der Waals surface area (Å²) < 4.78 is 5.06. The smallest absolute Gasteiger partial charge is 0.338 e.